The van der Waals surface area contributed by atoms with Gasteiger partial charge in [-0.05, 0) is 67.7 Å². The maximum Gasteiger partial charge on any atom is 0.135 e. The van der Waals surface area contributed by atoms with Crippen LogP contribution in [-0.2, 0) is 11.2 Å². The predicted octanol–water partition coefficient (Wildman–Crippen LogP) is 5.28. The third-order valence-corrected chi connectivity index (χ3v) is 8.91. The van der Waals surface area contributed by atoms with Crippen LogP contribution < -0.4 is 0 Å². The monoisotopic (exact) mass is 340 g/mol. The fraction of sp³-hybridized carbons (Fsp3) is 0.579. The van der Waals surface area contributed by atoms with Gasteiger partial charge in [0.15, 0.2) is 0 Å². The lowest BCUT2D eigenvalue weighted by molar-refractivity contribution is -0.00936. The van der Waals surface area contributed by atoms with E-state index in [9.17, 15) is 0 Å². The van der Waals surface area contributed by atoms with Crippen LogP contribution in [0, 0.1) is 17.8 Å². The van der Waals surface area contributed by atoms with Crippen LogP contribution in [0.4, 0.5) is 0 Å². The minimum absolute atomic E-state index is 0.310. The van der Waals surface area contributed by atoms with Gasteiger partial charge in [-0.25, -0.2) is 9.97 Å². The van der Waals surface area contributed by atoms with Crippen molar-refractivity contribution in [3.63, 3.8) is 0 Å². The van der Waals surface area contributed by atoms with Crippen molar-refractivity contribution in [3.05, 3.63) is 29.0 Å². The Morgan fingerprint density at radius 3 is 2.52 bits per heavy atom. The molecule has 4 heteroatoms. The first-order valence-corrected chi connectivity index (χ1v) is 10.7. The molecule has 5 aliphatic rings. The molecule has 0 radical (unpaired) electrons. The molecule has 2 aromatic rings. The van der Waals surface area contributed by atoms with Crippen molar-refractivity contribution < 1.29 is 0 Å². The van der Waals surface area contributed by atoms with Gasteiger partial charge in [0.25, 0.3) is 0 Å². The van der Waals surface area contributed by atoms with Gasteiger partial charge >= 0.3 is 0 Å². The molecule has 0 aromatic carbocycles. The highest BCUT2D eigenvalue weighted by Crippen LogP contribution is 2.60. The zero-order valence-electron chi connectivity index (χ0n) is 13.1. The molecule has 4 aliphatic carbocycles. The van der Waals surface area contributed by atoms with E-state index in [-0.39, 0.29) is 0 Å². The van der Waals surface area contributed by atoms with Crippen molar-refractivity contribution in [1.29, 1.82) is 0 Å². The lowest BCUT2D eigenvalue weighted by atomic mass is 9.49. The summed E-state index contributed by atoms with van der Waals surface area (Å²) in [6, 6.07) is 2.25. The smallest absolute Gasteiger partial charge is 0.135 e. The molecular formula is C19H20N2S2. The highest BCUT2D eigenvalue weighted by molar-refractivity contribution is 8.00. The second kappa shape index (κ2) is 4.60. The molecule has 0 unspecified atom stereocenters. The summed E-state index contributed by atoms with van der Waals surface area (Å²) < 4.78 is 1.44. The fourth-order valence-electron chi connectivity index (χ4n) is 6.11. The van der Waals surface area contributed by atoms with E-state index < -0.39 is 0 Å². The fourth-order valence-corrected chi connectivity index (χ4v) is 8.16. The van der Waals surface area contributed by atoms with Crippen LogP contribution >= 0.6 is 23.1 Å². The van der Waals surface area contributed by atoms with Crippen molar-refractivity contribution in [1.82, 2.24) is 9.97 Å². The maximum absolute atomic E-state index is 5.20. The van der Waals surface area contributed by atoms with E-state index in [1.807, 2.05) is 23.1 Å². The Bertz CT molecular complexity index is 759. The first-order chi connectivity index (χ1) is 11.3. The molecular weight excluding hydrogens is 320 g/mol. The summed E-state index contributed by atoms with van der Waals surface area (Å²) in [6.45, 7) is 0. The lowest BCUT2D eigenvalue weighted by Gasteiger charge is -2.56. The number of thiophene rings is 1. The number of nitrogens with zero attached hydrogens (tertiary/aromatic N) is 2. The first-order valence-electron chi connectivity index (χ1n) is 8.86. The normalized spacial score (nSPS) is 36.8. The first kappa shape index (κ1) is 13.4. The molecule has 4 fully saturated rings. The number of hydrogen-bond donors (Lipinski definition) is 0. The summed E-state index contributed by atoms with van der Waals surface area (Å²) in [7, 11) is 0. The molecule has 4 saturated carbocycles. The van der Waals surface area contributed by atoms with E-state index in [2.05, 4.69) is 17.6 Å². The zero-order chi connectivity index (χ0) is 15.0. The third-order valence-electron chi connectivity index (χ3n) is 6.62. The van der Waals surface area contributed by atoms with Crippen molar-refractivity contribution in [2.75, 3.05) is 0 Å². The Labute approximate surface area is 145 Å². The van der Waals surface area contributed by atoms with Crippen LogP contribution in [0.15, 0.2) is 21.9 Å². The summed E-state index contributed by atoms with van der Waals surface area (Å²) >= 11 is 3.80. The number of aromatic nitrogens is 2. The van der Waals surface area contributed by atoms with Gasteiger partial charge in [0.2, 0.25) is 0 Å². The molecule has 0 spiro atoms. The van der Waals surface area contributed by atoms with E-state index in [4.69, 9.17) is 9.97 Å². The minimum atomic E-state index is 0.310. The van der Waals surface area contributed by atoms with E-state index in [0.717, 1.165) is 23.5 Å². The molecule has 0 amide bonds. The number of rotatable bonds is 1. The van der Waals surface area contributed by atoms with Gasteiger partial charge in [0, 0.05) is 28.5 Å². The summed E-state index contributed by atoms with van der Waals surface area (Å²) in [5.41, 5.74) is 4.23. The zero-order valence-corrected chi connectivity index (χ0v) is 14.8. The SMILES string of the molecule is c1cc2c(s1)SCc1cnc(C34CC5CC(CC(C5)C3)C4)nc1-2. The van der Waals surface area contributed by atoms with E-state index in [1.165, 1.54) is 65.4 Å². The molecule has 118 valence electrons. The molecule has 7 rings (SSSR count). The van der Waals surface area contributed by atoms with E-state index in [1.54, 1.807) is 0 Å². The highest BCUT2D eigenvalue weighted by Gasteiger charge is 2.53. The Balaban J connectivity index is 1.48. The Hall–Kier alpha value is -0.870. The lowest BCUT2D eigenvalue weighted by Crippen LogP contribution is -2.49. The largest absolute Gasteiger partial charge is 0.240 e. The quantitative estimate of drug-likeness (QED) is 0.706. The number of fused-ring (bicyclic) bond motifs is 3. The molecule has 2 nitrogen and oxygen atoms in total. The van der Waals surface area contributed by atoms with Gasteiger partial charge in [-0.2, -0.15) is 0 Å². The summed E-state index contributed by atoms with van der Waals surface area (Å²) in [5.74, 6) is 5.07. The number of hydrogen-bond acceptors (Lipinski definition) is 4. The van der Waals surface area contributed by atoms with Gasteiger partial charge in [0.1, 0.15) is 5.82 Å². The molecule has 4 bridgehead atoms. The Kier molecular flexibility index (Phi) is 2.69. The van der Waals surface area contributed by atoms with Crippen LogP contribution in [0.1, 0.15) is 49.9 Å². The van der Waals surface area contributed by atoms with Crippen LogP contribution in [0.25, 0.3) is 11.3 Å². The second-order valence-corrected chi connectivity index (χ2v) is 10.3. The van der Waals surface area contributed by atoms with Gasteiger partial charge in [-0.15, -0.1) is 23.1 Å². The van der Waals surface area contributed by atoms with Crippen molar-refractivity contribution >= 4 is 23.1 Å². The highest BCUT2D eigenvalue weighted by atomic mass is 32.2. The van der Waals surface area contributed by atoms with Crippen LogP contribution in [0.5, 0.6) is 0 Å². The molecule has 3 heterocycles. The molecule has 0 saturated heterocycles. The Morgan fingerprint density at radius 2 is 1.78 bits per heavy atom. The molecule has 1 aliphatic heterocycles. The van der Waals surface area contributed by atoms with Crippen LogP contribution in [0.2, 0.25) is 0 Å². The van der Waals surface area contributed by atoms with Crippen molar-refractivity contribution in [3.8, 4) is 11.3 Å². The topological polar surface area (TPSA) is 25.8 Å². The van der Waals surface area contributed by atoms with Crippen LogP contribution in [-0.4, -0.2) is 9.97 Å². The number of thioether (sulfide) groups is 1. The van der Waals surface area contributed by atoms with Crippen molar-refractivity contribution in [2.45, 2.75) is 53.9 Å². The van der Waals surface area contributed by atoms with Crippen molar-refractivity contribution in [2.24, 2.45) is 17.8 Å². The molecule has 0 atom stereocenters. The third kappa shape index (κ3) is 1.88. The molecule has 23 heavy (non-hydrogen) atoms. The van der Waals surface area contributed by atoms with Gasteiger partial charge in [-0.3, -0.25) is 0 Å². The van der Waals surface area contributed by atoms with Gasteiger partial charge < -0.3 is 0 Å². The van der Waals surface area contributed by atoms with E-state index in [0.29, 0.717) is 5.41 Å². The van der Waals surface area contributed by atoms with Gasteiger partial charge in [0.05, 0.1) is 9.90 Å². The standard InChI is InChI=1S/C19H20N2S2/c1-2-22-17-15(1)16-14(10-23-17)9-20-18(21-16)19-6-11-3-12(7-19)5-13(4-11)8-19/h1-2,9,11-13H,3-8,10H2. The van der Waals surface area contributed by atoms with Gasteiger partial charge in [-0.1, -0.05) is 0 Å². The molecule has 2 aromatic heterocycles. The van der Waals surface area contributed by atoms with Crippen LogP contribution in [0.3, 0.4) is 0 Å². The second-order valence-electron chi connectivity index (χ2n) is 8.18. The molecule has 0 N–H and O–H groups in total. The minimum Gasteiger partial charge on any atom is -0.240 e. The summed E-state index contributed by atoms with van der Waals surface area (Å²) in [5, 5.41) is 2.21. The predicted molar refractivity (Wildman–Crippen MR) is 94.8 cm³/mol. The summed E-state index contributed by atoms with van der Waals surface area (Å²) in [6.07, 6.45) is 10.6. The maximum atomic E-state index is 5.20. The summed E-state index contributed by atoms with van der Waals surface area (Å²) in [4.78, 5) is 10.1. The average molecular weight is 341 g/mol. The average Bonchev–Trinajstić information content (AvgIpc) is 3.02. The Morgan fingerprint density at radius 1 is 1.04 bits per heavy atom. The van der Waals surface area contributed by atoms with E-state index >= 15 is 0 Å².